The molecule has 0 aliphatic carbocycles. The Bertz CT molecular complexity index is 2210. The molecule has 68 heavy (non-hydrogen) atoms. The number of hydrogen-bond donors (Lipinski definition) is 2. The van der Waals surface area contributed by atoms with Crippen molar-refractivity contribution >= 4 is 15.9 Å². The van der Waals surface area contributed by atoms with Gasteiger partial charge in [-0.15, -0.1) is 0 Å². The summed E-state index contributed by atoms with van der Waals surface area (Å²) in [4.78, 5) is 2.48. The number of quaternary nitrogens is 1. The normalized spacial score (nSPS) is 22.7. The predicted octanol–water partition coefficient (Wildman–Crippen LogP) is 8.23. The molecule has 6 aliphatic heterocycles. The van der Waals surface area contributed by atoms with Gasteiger partial charge in [0.25, 0.3) is 0 Å². The Balaban J connectivity index is 0.000000170. The molecule has 2 N–H and O–H groups in total. The summed E-state index contributed by atoms with van der Waals surface area (Å²) in [5.74, 6) is 1.26. The van der Waals surface area contributed by atoms with Crippen molar-refractivity contribution in [3.63, 3.8) is 0 Å². The van der Waals surface area contributed by atoms with Crippen LogP contribution in [0.15, 0.2) is 182 Å². The SMILES string of the molecule is BrCCCc1ccccc1.OC(COC1CN2CCC1CC2)(c1ccccc1)c1ccccc1.OC(COC1C[N+]2(CCCc3ccccc3)CCC1CC2)(c1ccccc1)c1ccccc1.[Br-]. The van der Waals surface area contributed by atoms with Crippen LogP contribution in [0.3, 0.4) is 0 Å². The van der Waals surface area contributed by atoms with E-state index in [9.17, 15) is 10.2 Å². The van der Waals surface area contributed by atoms with E-state index < -0.39 is 11.2 Å². The van der Waals surface area contributed by atoms with Crippen LogP contribution in [0, 0.1) is 11.8 Å². The lowest BCUT2D eigenvalue weighted by molar-refractivity contribution is -0.946. The molecule has 0 aromatic heterocycles. The molecule has 6 fully saturated rings. The molecular weight excluding hydrogens is 972 g/mol. The van der Waals surface area contributed by atoms with E-state index in [4.69, 9.17) is 9.47 Å². The molecule has 12 rings (SSSR count). The first-order valence-corrected chi connectivity index (χ1v) is 26.1. The Morgan fingerprint density at radius 3 is 1.25 bits per heavy atom. The molecule has 8 heteroatoms. The summed E-state index contributed by atoms with van der Waals surface area (Å²) in [5.41, 5.74) is 4.19. The Morgan fingerprint density at radius 1 is 0.500 bits per heavy atom. The largest absolute Gasteiger partial charge is 1.00 e. The maximum absolute atomic E-state index is 11.9. The number of aryl methyl sites for hydroxylation is 2. The third-order valence-corrected chi connectivity index (χ3v) is 15.6. The molecule has 360 valence electrons. The van der Waals surface area contributed by atoms with Gasteiger partial charge in [0.05, 0.1) is 39.0 Å². The van der Waals surface area contributed by atoms with E-state index in [1.807, 2.05) is 121 Å². The summed E-state index contributed by atoms with van der Waals surface area (Å²) in [5, 5.41) is 24.5. The average molecular weight is 1050 g/mol. The molecule has 2 unspecified atom stereocenters. The minimum atomic E-state index is -1.13. The minimum Gasteiger partial charge on any atom is -1.00 e. The van der Waals surface area contributed by atoms with Crippen molar-refractivity contribution in [3.05, 3.63) is 215 Å². The van der Waals surface area contributed by atoms with E-state index in [0.29, 0.717) is 25.0 Å². The van der Waals surface area contributed by atoms with Crippen LogP contribution < -0.4 is 17.0 Å². The molecule has 6 heterocycles. The Labute approximate surface area is 425 Å². The van der Waals surface area contributed by atoms with Crippen LogP contribution >= 0.6 is 15.9 Å². The molecule has 6 nitrogen and oxygen atoms in total. The Hall–Kier alpha value is -3.96. The molecule has 6 aromatic carbocycles. The standard InChI is InChI=1S/C30H36NO2.C21H25NO2.C9H11Br.BrH/c32-30(27-14-6-2-7-15-27,28-16-8-3-9-17-28)24-33-29-23-31(21-18-26(29)19-22-31)20-10-13-25-11-4-1-5-12-25;23-21(18-7-3-1-4-8-18,19-9-5-2-6-10-19)16-24-20-15-22-13-11-17(20)12-14-22;10-8-4-7-9-5-2-1-3-6-9;/h1-9,11-12,14-17,26,29,32H,10,13,18-24H2;1-10,17,20,23H,11-16H2;1-3,5-6H,4,7-8H2;1H/q+1;;;/p-1. The molecule has 6 saturated heterocycles. The number of ether oxygens (including phenoxy) is 2. The summed E-state index contributed by atoms with van der Waals surface area (Å²) >= 11 is 3.41. The van der Waals surface area contributed by atoms with Gasteiger partial charge < -0.3 is 46.1 Å². The van der Waals surface area contributed by atoms with Crippen LogP contribution in [0.25, 0.3) is 0 Å². The van der Waals surface area contributed by atoms with Gasteiger partial charge in [-0.1, -0.05) is 198 Å². The number of alkyl halides is 1. The van der Waals surface area contributed by atoms with Crippen molar-refractivity contribution in [1.82, 2.24) is 4.90 Å². The fraction of sp³-hybridized carbons (Fsp3) is 0.400. The maximum atomic E-state index is 11.9. The highest BCUT2D eigenvalue weighted by atomic mass is 79.9. The van der Waals surface area contributed by atoms with Crippen LogP contribution in [0.2, 0.25) is 0 Å². The first kappa shape index (κ1) is 51.9. The van der Waals surface area contributed by atoms with Crippen molar-refractivity contribution in [2.45, 2.75) is 74.8 Å². The average Bonchev–Trinajstić information content (AvgIpc) is 3.41. The van der Waals surface area contributed by atoms with Crippen molar-refractivity contribution in [1.29, 1.82) is 0 Å². The Morgan fingerprint density at radius 2 is 0.868 bits per heavy atom. The Kier molecular flexibility index (Phi) is 19.7. The van der Waals surface area contributed by atoms with Crippen LogP contribution in [0.4, 0.5) is 0 Å². The fourth-order valence-corrected chi connectivity index (χ4v) is 11.3. The molecule has 0 saturated carbocycles. The number of nitrogens with zero attached hydrogens (tertiary/aromatic N) is 2. The van der Waals surface area contributed by atoms with E-state index in [2.05, 4.69) is 81.5 Å². The van der Waals surface area contributed by atoms with E-state index in [-0.39, 0.29) is 29.2 Å². The van der Waals surface area contributed by atoms with Gasteiger partial charge in [0.15, 0.2) is 0 Å². The molecule has 6 aliphatic rings. The number of benzene rings is 6. The van der Waals surface area contributed by atoms with E-state index in [1.54, 1.807) is 0 Å². The molecule has 4 bridgehead atoms. The lowest BCUT2D eigenvalue weighted by Crippen LogP contribution is -3.00. The van der Waals surface area contributed by atoms with Gasteiger partial charge in [0.2, 0.25) is 0 Å². The predicted molar refractivity (Wildman–Crippen MR) is 276 cm³/mol. The number of fused-ring (bicyclic) bond motifs is 6. The van der Waals surface area contributed by atoms with Crippen LogP contribution in [-0.2, 0) is 33.5 Å². The zero-order valence-electron chi connectivity index (χ0n) is 39.7. The minimum absolute atomic E-state index is 0. The summed E-state index contributed by atoms with van der Waals surface area (Å²) in [6.45, 7) is 8.87. The van der Waals surface area contributed by atoms with Crippen molar-refractivity contribution < 1.29 is 41.2 Å². The van der Waals surface area contributed by atoms with Gasteiger partial charge >= 0.3 is 0 Å². The lowest BCUT2D eigenvalue weighted by Gasteiger charge is -2.53. The van der Waals surface area contributed by atoms with Gasteiger partial charge in [0, 0.05) is 37.1 Å². The van der Waals surface area contributed by atoms with Gasteiger partial charge in [0.1, 0.15) is 23.9 Å². The number of piperidine rings is 6. The van der Waals surface area contributed by atoms with Crippen LogP contribution in [0.1, 0.15) is 71.9 Å². The summed E-state index contributed by atoms with van der Waals surface area (Å²) in [6, 6.07) is 61.1. The zero-order valence-corrected chi connectivity index (χ0v) is 42.9. The highest BCUT2D eigenvalue weighted by Gasteiger charge is 2.47. The van der Waals surface area contributed by atoms with E-state index >= 15 is 0 Å². The summed E-state index contributed by atoms with van der Waals surface area (Å²) < 4.78 is 14.1. The monoisotopic (exact) mass is 1040 g/mol. The molecular formula is C60H72Br2N2O4. The quantitative estimate of drug-likeness (QED) is 0.0713. The van der Waals surface area contributed by atoms with Crippen LogP contribution in [-0.4, -0.2) is 96.2 Å². The van der Waals surface area contributed by atoms with E-state index in [1.165, 1.54) is 93.3 Å². The van der Waals surface area contributed by atoms with Gasteiger partial charge in [-0.3, -0.25) is 0 Å². The smallest absolute Gasteiger partial charge is 0.138 e. The lowest BCUT2D eigenvalue weighted by atomic mass is 9.82. The first-order chi connectivity index (χ1) is 32.9. The van der Waals surface area contributed by atoms with Gasteiger partial charge in [-0.25, -0.2) is 0 Å². The maximum Gasteiger partial charge on any atom is 0.138 e. The molecule has 2 atom stereocenters. The first-order valence-electron chi connectivity index (χ1n) is 25.0. The second kappa shape index (κ2) is 25.8. The highest BCUT2D eigenvalue weighted by molar-refractivity contribution is 9.09. The van der Waals surface area contributed by atoms with Gasteiger partial charge in [-0.05, 0) is 84.5 Å². The highest BCUT2D eigenvalue weighted by Crippen LogP contribution is 2.39. The number of rotatable bonds is 17. The number of hydrogen-bond acceptors (Lipinski definition) is 5. The fourth-order valence-electron chi connectivity index (χ4n) is 11.0. The molecule has 0 spiro atoms. The third-order valence-electron chi connectivity index (χ3n) is 15.0. The second-order valence-electron chi connectivity index (χ2n) is 19.4. The van der Waals surface area contributed by atoms with E-state index in [0.717, 1.165) is 47.1 Å². The van der Waals surface area contributed by atoms with Crippen molar-refractivity contribution in [2.75, 3.05) is 64.4 Å². The summed E-state index contributed by atoms with van der Waals surface area (Å²) in [6.07, 6.45) is 10.2. The molecule has 6 aromatic rings. The molecule has 0 radical (unpaired) electrons. The second-order valence-corrected chi connectivity index (χ2v) is 20.2. The summed E-state index contributed by atoms with van der Waals surface area (Å²) in [7, 11) is 0. The zero-order chi connectivity index (χ0) is 46.2. The van der Waals surface area contributed by atoms with Crippen molar-refractivity contribution in [2.24, 2.45) is 11.8 Å². The van der Waals surface area contributed by atoms with Gasteiger partial charge in [-0.2, -0.15) is 0 Å². The number of aliphatic hydroxyl groups is 2. The van der Waals surface area contributed by atoms with Crippen LogP contribution in [0.5, 0.6) is 0 Å². The number of halogens is 2. The topological polar surface area (TPSA) is 62.2 Å². The molecule has 0 amide bonds. The third kappa shape index (κ3) is 13.7. The van der Waals surface area contributed by atoms with Crippen molar-refractivity contribution in [3.8, 4) is 0 Å².